The maximum atomic E-state index is 14.0. The molecule has 17 heavy (non-hydrogen) atoms. The summed E-state index contributed by atoms with van der Waals surface area (Å²) in [5, 5.41) is 9.22. The number of carbonyl (C=O) groups is 1. The minimum atomic E-state index is -3.15. The molecule has 5 heteroatoms. The quantitative estimate of drug-likeness (QED) is 0.835. The third kappa shape index (κ3) is 2.17. The van der Waals surface area contributed by atoms with Gasteiger partial charge in [0.2, 0.25) is 0 Å². The molecule has 1 atom stereocenters. The standard InChI is InChI=1S/C12H18F2O3/c13-12(14)5-6-17-8-11(12,10(15)16)7-9-3-1-2-4-9/h9H,1-8H2,(H,15,16). The van der Waals surface area contributed by atoms with Crippen LogP contribution in [0.25, 0.3) is 0 Å². The van der Waals surface area contributed by atoms with E-state index in [1.165, 1.54) is 0 Å². The summed E-state index contributed by atoms with van der Waals surface area (Å²) < 4.78 is 33.0. The summed E-state index contributed by atoms with van der Waals surface area (Å²) in [6.07, 6.45) is 3.34. The van der Waals surface area contributed by atoms with Gasteiger partial charge >= 0.3 is 5.97 Å². The van der Waals surface area contributed by atoms with Crippen molar-refractivity contribution in [1.82, 2.24) is 0 Å². The molecule has 0 aromatic heterocycles. The summed E-state index contributed by atoms with van der Waals surface area (Å²) in [7, 11) is 0. The largest absolute Gasteiger partial charge is 0.481 e. The molecule has 1 heterocycles. The lowest BCUT2D eigenvalue weighted by Gasteiger charge is -2.41. The van der Waals surface area contributed by atoms with Crippen LogP contribution in [0.4, 0.5) is 8.78 Å². The average Bonchev–Trinajstić information content (AvgIpc) is 2.73. The molecule has 2 fully saturated rings. The normalized spacial score (nSPS) is 33.8. The Kier molecular flexibility index (Phi) is 3.39. The second kappa shape index (κ2) is 4.52. The fraction of sp³-hybridized carbons (Fsp3) is 0.917. The van der Waals surface area contributed by atoms with Gasteiger partial charge in [0.05, 0.1) is 13.2 Å². The first kappa shape index (κ1) is 12.7. The highest BCUT2D eigenvalue weighted by molar-refractivity contribution is 5.76. The van der Waals surface area contributed by atoms with Gasteiger partial charge in [0.25, 0.3) is 5.92 Å². The highest BCUT2D eigenvalue weighted by Crippen LogP contribution is 2.49. The molecule has 0 spiro atoms. The van der Waals surface area contributed by atoms with E-state index in [1.807, 2.05) is 0 Å². The zero-order valence-electron chi connectivity index (χ0n) is 9.75. The topological polar surface area (TPSA) is 46.5 Å². The number of carboxylic acid groups (broad SMARTS) is 1. The lowest BCUT2D eigenvalue weighted by atomic mass is 9.72. The smallest absolute Gasteiger partial charge is 0.318 e. The zero-order chi connectivity index (χ0) is 12.5. The van der Waals surface area contributed by atoms with Gasteiger partial charge in [0.15, 0.2) is 5.41 Å². The third-order valence-corrected chi connectivity index (χ3v) is 4.13. The molecule has 0 aromatic carbocycles. The number of hydrogen-bond acceptors (Lipinski definition) is 2. The second-order valence-corrected chi connectivity index (χ2v) is 5.25. The molecule has 0 radical (unpaired) electrons. The van der Waals surface area contributed by atoms with Crippen molar-refractivity contribution in [3.05, 3.63) is 0 Å². The number of rotatable bonds is 3. The molecule has 1 aliphatic carbocycles. The van der Waals surface area contributed by atoms with Crippen LogP contribution in [0, 0.1) is 11.3 Å². The Morgan fingerprint density at radius 3 is 2.53 bits per heavy atom. The molecule has 0 aromatic rings. The van der Waals surface area contributed by atoms with Crippen molar-refractivity contribution in [3.63, 3.8) is 0 Å². The van der Waals surface area contributed by atoms with E-state index in [-0.39, 0.29) is 25.6 Å². The molecule has 1 unspecified atom stereocenters. The molecule has 1 N–H and O–H groups in total. The minimum absolute atomic E-state index is 0.0489. The van der Waals surface area contributed by atoms with Gasteiger partial charge in [-0.3, -0.25) is 4.79 Å². The Morgan fingerprint density at radius 1 is 1.35 bits per heavy atom. The van der Waals surface area contributed by atoms with Gasteiger partial charge in [-0.25, -0.2) is 8.78 Å². The molecule has 1 saturated carbocycles. The summed E-state index contributed by atoms with van der Waals surface area (Å²) in [4.78, 5) is 11.3. The molecule has 0 amide bonds. The first-order valence-electron chi connectivity index (χ1n) is 6.17. The third-order valence-electron chi connectivity index (χ3n) is 4.13. The maximum Gasteiger partial charge on any atom is 0.318 e. The lowest BCUT2D eigenvalue weighted by molar-refractivity contribution is -0.220. The van der Waals surface area contributed by atoms with Gasteiger partial charge in [-0.05, 0) is 12.3 Å². The highest BCUT2D eigenvalue weighted by Gasteiger charge is 2.61. The Morgan fingerprint density at radius 2 is 2.00 bits per heavy atom. The number of carboxylic acids is 1. The number of alkyl halides is 2. The van der Waals surface area contributed by atoms with E-state index in [2.05, 4.69) is 0 Å². The number of halogens is 2. The van der Waals surface area contributed by atoms with E-state index in [0.29, 0.717) is 0 Å². The Labute approximate surface area is 99.1 Å². The van der Waals surface area contributed by atoms with E-state index >= 15 is 0 Å². The van der Waals surface area contributed by atoms with Crippen LogP contribution in [-0.2, 0) is 9.53 Å². The molecule has 0 bridgehead atoms. The zero-order valence-corrected chi connectivity index (χ0v) is 9.75. The Balaban J connectivity index is 2.20. The molecule has 1 aliphatic heterocycles. The maximum absolute atomic E-state index is 14.0. The fourth-order valence-electron chi connectivity index (χ4n) is 3.01. The first-order chi connectivity index (χ1) is 7.98. The van der Waals surface area contributed by atoms with Crippen molar-refractivity contribution in [2.75, 3.05) is 13.2 Å². The van der Waals surface area contributed by atoms with E-state index in [4.69, 9.17) is 4.74 Å². The monoisotopic (exact) mass is 248 g/mol. The van der Waals surface area contributed by atoms with Crippen molar-refractivity contribution in [3.8, 4) is 0 Å². The predicted molar refractivity (Wildman–Crippen MR) is 57.0 cm³/mol. The molecular formula is C12H18F2O3. The summed E-state index contributed by atoms with van der Waals surface area (Å²) in [6, 6.07) is 0. The van der Waals surface area contributed by atoms with Crippen LogP contribution in [0.3, 0.4) is 0 Å². The summed E-state index contributed by atoms with van der Waals surface area (Å²) in [5.74, 6) is -4.45. The van der Waals surface area contributed by atoms with E-state index in [9.17, 15) is 18.7 Å². The van der Waals surface area contributed by atoms with Crippen molar-refractivity contribution < 1.29 is 23.4 Å². The van der Waals surface area contributed by atoms with Crippen LogP contribution in [-0.4, -0.2) is 30.2 Å². The number of ether oxygens (including phenoxy) is 1. The summed E-state index contributed by atoms with van der Waals surface area (Å²) in [5.41, 5.74) is -2.00. The molecule has 2 aliphatic rings. The van der Waals surface area contributed by atoms with E-state index in [1.54, 1.807) is 0 Å². The van der Waals surface area contributed by atoms with Crippen LogP contribution in [0.5, 0.6) is 0 Å². The van der Waals surface area contributed by atoms with E-state index < -0.39 is 23.7 Å². The van der Waals surface area contributed by atoms with Crippen molar-refractivity contribution in [2.24, 2.45) is 11.3 Å². The predicted octanol–water partition coefficient (Wildman–Crippen LogP) is 2.69. The Bertz CT molecular complexity index is 300. The second-order valence-electron chi connectivity index (χ2n) is 5.25. The summed E-state index contributed by atoms with van der Waals surface area (Å²) >= 11 is 0. The van der Waals surface area contributed by atoms with Gasteiger partial charge in [0, 0.05) is 6.42 Å². The SMILES string of the molecule is O=C(O)C1(CC2CCCC2)COCCC1(F)F. The number of aliphatic carboxylic acids is 1. The van der Waals surface area contributed by atoms with Crippen LogP contribution < -0.4 is 0 Å². The lowest BCUT2D eigenvalue weighted by Crippen LogP contribution is -2.55. The molecule has 1 saturated heterocycles. The van der Waals surface area contributed by atoms with Crippen molar-refractivity contribution in [1.29, 1.82) is 0 Å². The van der Waals surface area contributed by atoms with Gasteiger partial charge in [-0.15, -0.1) is 0 Å². The average molecular weight is 248 g/mol. The highest BCUT2D eigenvalue weighted by atomic mass is 19.3. The number of hydrogen-bond donors (Lipinski definition) is 1. The van der Waals surface area contributed by atoms with Gasteiger partial charge < -0.3 is 9.84 Å². The van der Waals surface area contributed by atoms with Crippen LogP contribution in [0.15, 0.2) is 0 Å². The van der Waals surface area contributed by atoms with Crippen molar-refractivity contribution >= 4 is 5.97 Å². The van der Waals surface area contributed by atoms with Gasteiger partial charge in [-0.1, -0.05) is 25.7 Å². The van der Waals surface area contributed by atoms with Crippen LogP contribution in [0.1, 0.15) is 38.5 Å². The summed E-state index contributed by atoms with van der Waals surface area (Å²) in [6.45, 7) is -0.404. The van der Waals surface area contributed by atoms with Crippen LogP contribution >= 0.6 is 0 Å². The van der Waals surface area contributed by atoms with Crippen molar-refractivity contribution in [2.45, 2.75) is 44.4 Å². The first-order valence-corrected chi connectivity index (χ1v) is 6.17. The molecule has 3 nitrogen and oxygen atoms in total. The molecular weight excluding hydrogens is 230 g/mol. The van der Waals surface area contributed by atoms with Crippen LogP contribution in [0.2, 0.25) is 0 Å². The molecule has 2 rings (SSSR count). The Hall–Kier alpha value is -0.710. The van der Waals surface area contributed by atoms with E-state index in [0.717, 1.165) is 25.7 Å². The van der Waals surface area contributed by atoms with Gasteiger partial charge in [-0.2, -0.15) is 0 Å². The minimum Gasteiger partial charge on any atom is -0.481 e. The molecule has 98 valence electrons. The van der Waals surface area contributed by atoms with Gasteiger partial charge in [0.1, 0.15) is 0 Å². The fourth-order valence-corrected chi connectivity index (χ4v) is 3.01.